The van der Waals surface area contributed by atoms with Gasteiger partial charge in [-0.25, -0.2) is 4.79 Å². The number of benzene rings is 1. The molecule has 0 aliphatic carbocycles. The molecule has 1 aliphatic heterocycles. The van der Waals surface area contributed by atoms with Gasteiger partial charge in [0.05, 0.1) is 28.3 Å². The van der Waals surface area contributed by atoms with Crippen LogP contribution in [0.25, 0.3) is 0 Å². The quantitative estimate of drug-likeness (QED) is 0.893. The van der Waals surface area contributed by atoms with Gasteiger partial charge < -0.3 is 15.2 Å². The zero-order valence-corrected chi connectivity index (χ0v) is 11.1. The van der Waals surface area contributed by atoms with Crippen molar-refractivity contribution in [3.05, 3.63) is 28.8 Å². The number of amides is 1. The molecular weight excluding hydrogens is 270 g/mol. The van der Waals surface area contributed by atoms with Crippen LogP contribution in [-0.2, 0) is 9.53 Å². The van der Waals surface area contributed by atoms with E-state index in [-0.39, 0.29) is 28.5 Å². The molecule has 1 aliphatic rings. The van der Waals surface area contributed by atoms with Crippen LogP contribution >= 0.6 is 11.6 Å². The Kier molecular flexibility index (Phi) is 4.07. The first-order chi connectivity index (χ1) is 8.99. The van der Waals surface area contributed by atoms with Crippen molar-refractivity contribution in [2.45, 2.75) is 19.4 Å². The summed E-state index contributed by atoms with van der Waals surface area (Å²) in [7, 11) is 0. The average molecular weight is 284 g/mol. The van der Waals surface area contributed by atoms with Gasteiger partial charge in [0.15, 0.2) is 0 Å². The second-order valence-electron chi connectivity index (χ2n) is 4.46. The molecule has 2 unspecified atom stereocenters. The first-order valence-electron chi connectivity index (χ1n) is 5.94. The highest BCUT2D eigenvalue weighted by Crippen LogP contribution is 2.26. The van der Waals surface area contributed by atoms with Crippen molar-refractivity contribution < 1.29 is 19.4 Å². The number of carbonyl (C=O) groups excluding carboxylic acids is 1. The summed E-state index contributed by atoms with van der Waals surface area (Å²) in [5.41, 5.74) is 0.497. The van der Waals surface area contributed by atoms with Crippen molar-refractivity contribution in [2.75, 3.05) is 11.9 Å². The summed E-state index contributed by atoms with van der Waals surface area (Å²) in [6.07, 6.45) is 0.565. The van der Waals surface area contributed by atoms with Crippen molar-refractivity contribution in [1.29, 1.82) is 0 Å². The maximum absolute atomic E-state index is 12.0. The highest BCUT2D eigenvalue weighted by molar-refractivity contribution is 6.34. The first kappa shape index (κ1) is 13.8. The number of carbonyl (C=O) groups is 2. The Labute approximate surface area is 115 Å². The van der Waals surface area contributed by atoms with E-state index in [4.69, 9.17) is 21.4 Å². The molecule has 2 rings (SSSR count). The van der Waals surface area contributed by atoms with Crippen molar-refractivity contribution in [3.63, 3.8) is 0 Å². The lowest BCUT2D eigenvalue weighted by Crippen LogP contribution is -2.27. The number of hydrogen-bond donors (Lipinski definition) is 2. The SMILES string of the molecule is CC1OCCC1C(=O)Nc1ccc(C(=O)O)cc1Cl. The number of carboxylic acids is 1. The summed E-state index contributed by atoms with van der Waals surface area (Å²) >= 11 is 5.95. The minimum atomic E-state index is -1.06. The van der Waals surface area contributed by atoms with Crippen LogP contribution in [0.5, 0.6) is 0 Å². The van der Waals surface area contributed by atoms with Gasteiger partial charge in [-0.3, -0.25) is 4.79 Å². The minimum absolute atomic E-state index is 0.0839. The van der Waals surface area contributed by atoms with E-state index in [0.29, 0.717) is 18.7 Å². The maximum Gasteiger partial charge on any atom is 0.335 e. The largest absolute Gasteiger partial charge is 0.478 e. The molecule has 6 heteroatoms. The Morgan fingerprint density at radius 1 is 1.47 bits per heavy atom. The molecule has 0 aromatic heterocycles. The summed E-state index contributed by atoms with van der Waals surface area (Å²) < 4.78 is 5.33. The van der Waals surface area contributed by atoms with Gasteiger partial charge >= 0.3 is 5.97 Å². The molecule has 19 heavy (non-hydrogen) atoms. The third-order valence-corrected chi connectivity index (χ3v) is 3.50. The molecule has 1 fully saturated rings. The molecular formula is C13H14ClNO4. The monoisotopic (exact) mass is 283 g/mol. The number of halogens is 1. The summed E-state index contributed by atoms with van der Waals surface area (Å²) in [5, 5.41) is 11.7. The number of anilines is 1. The Morgan fingerprint density at radius 2 is 2.21 bits per heavy atom. The van der Waals surface area contributed by atoms with E-state index < -0.39 is 5.97 Å². The van der Waals surface area contributed by atoms with Crippen molar-refractivity contribution in [2.24, 2.45) is 5.92 Å². The van der Waals surface area contributed by atoms with Crippen LogP contribution in [-0.4, -0.2) is 29.7 Å². The van der Waals surface area contributed by atoms with Crippen LogP contribution in [0.3, 0.4) is 0 Å². The second-order valence-corrected chi connectivity index (χ2v) is 4.87. The number of rotatable bonds is 3. The average Bonchev–Trinajstić information content (AvgIpc) is 2.77. The summed E-state index contributed by atoms with van der Waals surface area (Å²) in [4.78, 5) is 22.8. The Balaban J connectivity index is 2.11. The smallest absolute Gasteiger partial charge is 0.335 e. The molecule has 102 valence electrons. The van der Waals surface area contributed by atoms with E-state index >= 15 is 0 Å². The lowest BCUT2D eigenvalue weighted by atomic mass is 10.0. The summed E-state index contributed by atoms with van der Waals surface area (Å²) in [5.74, 6) is -1.41. The van der Waals surface area contributed by atoms with Crippen LogP contribution < -0.4 is 5.32 Å². The molecule has 2 N–H and O–H groups in total. The van der Waals surface area contributed by atoms with E-state index in [1.807, 2.05) is 6.92 Å². The fourth-order valence-corrected chi connectivity index (χ4v) is 2.28. The van der Waals surface area contributed by atoms with Crippen LogP contribution in [0, 0.1) is 5.92 Å². The van der Waals surface area contributed by atoms with E-state index in [1.54, 1.807) is 0 Å². The highest BCUT2D eigenvalue weighted by atomic mass is 35.5. The van der Waals surface area contributed by atoms with Crippen LogP contribution in [0.15, 0.2) is 18.2 Å². The van der Waals surface area contributed by atoms with Gasteiger partial charge in [-0.15, -0.1) is 0 Å². The molecule has 5 nitrogen and oxygen atoms in total. The number of nitrogens with one attached hydrogen (secondary N) is 1. The van der Waals surface area contributed by atoms with E-state index in [9.17, 15) is 9.59 Å². The van der Waals surface area contributed by atoms with Crippen molar-refractivity contribution >= 4 is 29.2 Å². The van der Waals surface area contributed by atoms with Gasteiger partial charge in [-0.1, -0.05) is 11.6 Å². The van der Waals surface area contributed by atoms with Crippen LogP contribution in [0.2, 0.25) is 5.02 Å². The zero-order chi connectivity index (χ0) is 14.0. The molecule has 0 spiro atoms. The third-order valence-electron chi connectivity index (χ3n) is 3.19. The molecule has 1 heterocycles. The van der Waals surface area contributed by atoms with E-state index in [0.717, 1.165) is 0 Å². The Hall–Kier alpha value is -1.59. The van der Waals surface area contributed by atoms with E-state index in [1.165, 1.54) is 18.2 Å². The fourth-order valence-electron chi connectivity index (χ4n) is 2.05. The molecule has 1 aromatic carbocycles. The van der Waals surface area contributed by atoms with Gasteiger partial charge in [-0.2, -0.15) is 0 Å². The molecule has 0 saturated carbocycles. The predicted molar refractivity (Wildman–Crippen MR) is 70.6 cm³/mol. The van der Waals surface area contributed by atoms with Gasteiger partial charge in [0, 0.05) is 6.61 Å². The lowest BCUT2D eigenvalue weighted by Gasteiger charge is -2.15. The summed E-state index contributed by atoms with van der Waals surface area (Å²) in [6.45, 7) is 2.43. The van der Waals surface area contributed by atoms with Crippen molar-refractivity contribution in [3.8, 4) is 0 Å². The number of carboxylic acid groups (broad SMARTS) is 1. The molecule has 2 atom stereocenters. The van der Waals surface area contributed by atoms with Gasteiger partial charge in [0.25, 0.3) is 0 Å². The molecule has 1 aromatic rings. The summed E-state index contributed by atoms with van der Waals surface area (Å²) in [6, 6.07) is 4.21. The van der Waals surface area contributed by atoms with Gasteiger partial charge in [0.1, 0.15) is 0 Å². The van der Waals surface area contributed by atoms with Gasteiger partial charge in [0.2, 0.25) is 5.91 Å². The number of hydrogen-bond acceptors (Lipinski definition) is 3. The standard InChI is InChI=1S/C13H14ClNO4/c1-7-9(4-5-19-7)12(16)15-11-3-2-8(13(17)18)6-10(11)14/h2-3,6-7,9H,4-5H2,1H3,(H,15,16)(H,17,18). The normalized spacial score (nSPS) is 22.2. The minimum Gasteiger partial charge on any atom is -0.478 e. The topological polar surface area (TPSA) is 75.6 Å². The fraction of sp³-hybridized carbons (Fsp3) is 0.385. The predicted octanol–water partition coefficient (Wildman–Crippen LogP) is 2.40. The molecule has 1 saturated heterocycles. The van der Waals surface area contributed by atoms with Gasteiger partial charge in [-0.05, 0) is 31.5 Å². The van der Waals surface area contributed by atoms with Crippen LogP contribution in [0.4, 0.5) is 5.69 Å². The van der Waals surface area contributed by atoms with Crippen LogP contribution in [0.1, 0.15) is 23.7 Å². The Morgan fingerprint density at radius 3 is 2.74 bits per heavy atom. The lowest BCUT2D eigenvalue weighted by molar-refractivity contribution is -0.121. The second kappa shape index (κ2) is 5.59. The zero-order valence-electron chi connectivity index (χ0n) is 10.4. The molecule has 0 radical (unpaired) electrons. The first-order valence-corrected chi connectivity index (χ1v) is 6.32. The molecule has 0 bridgehead atoms. The van der Waals surface area contributed by atoms with E-state index in [2.05, 4.69) is 5.32 Å². The third kappa shape index (κ3) is 3.05. The number of aromatic carboxylic acids is 1. The highest BCUT2D eigenvalue weighted by Gasteiger charge is 2.31. The van der Waals surface area contributed by atoms with Crippen molar-refractivity contribution in [1.82, 2.24) is 0 Å². The number of ether oxygens (including phenoxy) is 1. The maximum atomic E-state index is 12.0. The Bertz CT molecular complexity index is 517. The molecule has 1 amide bonds.